The normalized spacial score (nSPS) is 19.2. The monoisotopic (exact) mass is 381 g/mol. The van der Waals surface area contributed by atoms with E-state index in [4.69, 9.17) is 0 Å². The zero-order valence-corrected chi connectivity index (χ0v) is 17.8. The van der Waals surface area contributed by atoms with E-state index in [-0.39, 0.29) is 0 Å². The van der Waals surface area contributed by atoms with Crippen molar-refractivity contribution in [2.45, 2.75) is 50.5 Å². The van der Waals surface area contributed by atoms with Gasteiger partial charge < -0.3 is 4.90 Å². The Morgan fingerprint density at radius 3 is 2.35 bits per heavy atom. The molecule has 0 saturated carbocycles. The molecular formula is C20H35N3O2S. The Kier molecular flexibility index (Phi) is 7.64. The van der Waals surface area contributed by atoms with E-state index in [2.05, 4.69) is 25.7 Å². The Morgan fingerprint density at radius 1 is 1.15 bits per heavy atom. The van der Waals surface area contributed by atoms with E-state index in [1.807, 2.05) is 31.1 Å². The molecule has 1 aromatic carbocycles. The lowest BCUT2D eigenvalue weighted by Crippen LogP contribution is -2.45. The predicted octanol–water partition coefficient (Wildman–Crippen LogP) is 2.85. The molecule has 1 unspecified atom stereocenters. The van der Waals surface area contributed by atoms with Gasteiger partial charge in [-0.05, 0) is 63.6 Å². The van der Waals surface area contributed by atoms with Crippen molar-refractivity contribution in [1.29, 1.82) is 0 Å². The summed E-state index contributed by atoms with van der Waals surface area (Å²) in [7, 11) is 0.486. The summed E-state index contributed by atoms with van der Waals surface area (Å²) < 4.78 is 28.3. The minimum absolute atomic E-state index is 0.326. The maximum atomic E-state index is 13.3. The Morgan fingerprint density at radius 2 is 1.81 bits per heavy atom. The van der Waals surface area contributed by atoms with Gasteiger partial charge in [-0.2, -0.15) is 4.31 Å². The van der Waals surface area contributed by atoms with Crippen LogP contribution >= 0.6 is 0 Å². The van der Waals surface area contributed by atoms with E-state index >= 15 is 0 Å². The molecule has 0 amide bonds. The molecule has 1 atom stereocenters. The second kappa shape index (κ2) is 9.31. The number of sulfonamides is 1. The summed E-state index contributed by atoms with van der Waals surface area (Å²) in [6.07, 6.45) is 2.23. The van der Waals surface area contributed by atoms with Crippen LogP contribution in [0.2, 0.25) is 0 Å². The Hall–Kier alpha value is -0.950. The molecule has 0 radical (unpaired) electrons. The Bertz CT molecular complexity index is 656. The van der Waals surface area contributed by atoms with Gasteiger partial charge in [0.2, 0.25) is 10.0 Å². The second-order valence-corrected chi connectivity index (χ2v) is 9.75. The van der Waals surface area contributed by atoms with Crippen molar-refractivity contribution in [3.63, 3.8) is 0 Å². The average molecular weight is 382 g/mol. The number of hydrogen-bond donors (Lipinski definition) is 0. The Balaban J connectivity index is 2.23. The largest absolute Gasteiger partial charge is 0.308 e. The van der Waals surface area contributed by atoms with Crippen molar-refractivity contribution in [2.24, 2.45) is 0 Å². The molecule has 1 heterocycles. The third-order valence-electron chi connectivity index (χ3n) is 5.30. The SMILES string of the molecule is CCN1CCCC1CN(CCN(C)C)S(=O)(=O)c1ccc(C(C)C)cc1. The summed E-state index contributed by atoms with van der Waals surface area (Å²) >= 11 is 0. The highest BCUT2D eigenvalue weighted by Crippen LogP contribution is 2.23. The molecule has 1 saturated heterocycles. The minimum atomic E-state index is -3.48. The van der Waals surface area contributed by atoms with Gasteiger partial charge in [0.25, 0.3) is 0 Å². The summed E-state index contributed by atoms with van der Waals surface area (Å²) in [6.45, 7) is 10.3. The van der Waals surface area contributed by atoms with Crippen LogP contribution in [0.15, 0.2) is 29.2 Å². The predicted molar refractivity (Wildman–Crippen MR) is 108 cm³/mol. The van der Waals surface area contributed by atoms with Gasteiger partial charge in [0.15, 0.2) is 0 Å². The van der Waals surface area contributed by atoms with Gasteiger partial charge in [-0.25, -0.2) is 8.42 Å². The third-order valence-corrected chi connectivity index (χ3v) is 7.18. The third kappa shape index (κ3) is 5.28. The standard InChI is InChI=1S/C20H35N3O2S/c1-6-22-13-7-8-19(22)16-23(15-14-21(4)5)26(24,25)20-11-9-18(10-12-20)17(2)3/h9-12,17,19H,6-8,13-16H2,1-5H3. The van der Waals surface area contributed by atoms with Crippen LogP contribution in [-0.2, 0) is 10.0 Å². The molecule has 0 N–H and O–H groups in total. The highest BCUT2D eigenvalue weighted by Gasteiger charge is 2.31. The number of hydrogen-bond acceptors (Lipinski definition) is 4. The first kappa shape index (κ1) is 21.4. The van der Waals surface area contributed by atoms with Crippen molar-refractivity contribution < 1.29 is 8.42 Å². The maximum Gasteiger partial charge on any atom is 0.243 e. The fourth-order valence-electron chi connectivity index (χ4n) is 3.55. The molecule has 0 spiro atoms. The smallest absolute Gasteiger partial charge is 0.243 e. The number of likely N-dealkylation sites (tertiary alicyclic amines) is 1. The van der Waals surface area contributed by atoms with Crippen molar-refractivity contribution in [3.8, 4) is 0 Å². The first-order chi connectivity index (χ1) is 12.3. The van der Waals surface area contributed by atoms with Crippen molar-refractivity contribution >= 4 is 10.0 Å². The van der Waals surface area contributed by atoms with Crippen LogP contribution in [0.4, 0.5) is 0 Å². The maximum absolute atomic E-state index is 13.3. The molecule has 0 bridgehead atoms. The molecule has 148 valence electrons. The number of rotatable bonds is 9. The quantitative estimate of drug-likeness (QED) is 0.660. The molecular weight excluding hydrogens is 346 g/mol. The van der Waals surface area contributed by atoms with Crippen LogP contribution in [0, 0.1) is 0 Å². The topological polar surface area (TPSA) is 43.9 Å². The van der Waals surface area contributed by atoms with Gasteiger partial charge in [-0.1, -0.05) is 32.9 Å². The van der Waals surface area contributed by atoms with Gasteiger partial charge in [0, 0.05) is 25.7 Å². The molecule has 1 aromatic rings. The molecule has 0 aliphatic carbocycles. The van der Waals surface area contributed by atoms with Crippen LogP contribution in [0.25, 0.3) is 0 Å². The number of benzene rings is 1. The lowest BCUT2D eigenvalue weighted by Gasteiger charge is -2.30. The van der Waals surface area contributed by atoms with E-state index in [0.29, 0.717) is 29.9 Å². The highest BCUT2D eigenvalue weighted by atomic mass is 32.2. The number of nitrogens with zero attached hydrogens (tertiary/aromatic N) is 3. The molecule has 1 aliphatic heterocycles. The zero-order valence-electron chi connectivity index (χ0n) is 17.0. The van der Waals surface area contributed by atoms with Crippen molar-refractivity contribution in [3.05, 3.63) is 29.8 Å². The molecule has 2 rings (SSSR count). The molecule has 5 nitrogen and oxygen atoms in total. The van der Waals surface area contributed by atoms with Crippen LogP contribution in [0.1, 0.15) is 45.1 Å². The lowest BCUT2D eigenvalue weighted by atomic mass is 10.0. The van der Waals surface area contributed by atoms with Gasteiger partial charge in [-0.15, -0.1) is 0 Å². The summed E-state index contributed by atoms with van der Waals surface area (Å²) in [5.41, 5.74) is 1.16. The van der Waals surface area contributed by atoms with E-state index in [9.17, 15) is 8.42 Å². The van der Waals surface area contributed by atoms with Crippen LogP contribution < -0.4 is 0 Å². The van der Waals surface area contributed by atoms with E-state index in [1.54, 1.807) is 16.4 Å². The first-order valence-corrected chi connectivity index (χ1v) is 11.2. The van der Waals surface area contributed by atoms with Gasteiger partial charge in [0.05, 0.1) is 4.90 Å². The lowest BCUT2D eigenvalue weighted by molar-refractivity contribution is 0.220. The van der Waals surface area contributed by atoms with Gasteiger partial charge in [0.1, 0.15) is 0 Å². The Labute approximate surface area is 160 Å². The number of likely N-dealkylation sites (N-methyl/N-ethyl adjacent to an activating group) is 2. The molecule has 6 heteroatoms. The summed E-state index contributed by atoms with van der Waals surface area (Å²) in [4.78, 5) is 4.85. The molecule has 0 aromatic heterocycles. The average Bonchev–Trinajstić information content (AvgIpc) is 3.05. The van der Waals surface area contributed by atoms with Crippen LogP contribution in [0.5, 0.6) is 0 Å². The second-order valence-electron chi connectivity index (χ2n) is 7.81. The van der Waals surface area contributed by atoms with E-state index < -0.39 is 10.0 Å². The fraction of sp³-hybridized carbons (Fsp3) is 0.700. The van der Waals surface area contributed by atoms with Crippen LogP contribution in [0.3, 0.4) is 0 Å². The molecule has 1 fully saturated rings. The summed E-state index contributed by atoms with van der Waals surface area (Å²) in [5, 5.41) is 0. The summed E-state index contributed by atoms with van der Waals surface area (Å²) in [5.74, 6) is 0.396. The highest BCUT2D eigenvalue weighted by molar-refractivity contribution is 7.89. The van der Waals surface area contributed by atoms with Crippen molar-refractivity contribution in [2.75, 3.05) is 46.8 Å². The van der Waals surface area contributed by atoms with E-state index in [0.717, 1.165) is 38.0 Å². The van der Waals surface area contributed by atoms with Crippen molar-refractivity contribution in [1.82, 2.24) is 14.1 Å². The van der Waals surface area contributed by atoms with Gasteiger partial charge >= 0.3 is 0 Å². The van der Waals surface area contributed by atoms with Crippen LogP contribution in [-0.4, -0.2) is 75.4 Å². The fourth-order valence-corrected chi connectivity index (χ4v) is 5.02. The van der Waals surface area contributed by atoms with Gasteiger partial charge in [-0.3, -0.25) is 4.90 Å². The zero-order chi connectivity index (χ0) is 19.3. The minimum Gasteiger partial charge on any atom is -0.308 e. The molecule has 1 aliphatic rings. The first-order valence-electron chi connectivity index (χ1n) is 9.74. The van der Waals surface area contributed by atoms with E-state index in [1.165, 1.54) is 0 Å². The molecule has 26 heavy (non-hydrogen) atoms. The summed E-state index contributed by atoms with van der Waals surface area (Å²) in [6, 6.07) is 7.73.